The molecule has 0 saturated heterocycles. The number of hydrogen-bond donors (Lipinski definition) is 0. The van der Waals surface area contributed by atoms with Gasteiger partial charge in [-0.25, -0.2) is 0 Å². The van der Waals surface area contributed by atoms with Gasteiger partial charge in [0.2, 0.25) is 0 Å². The van der Waals surface area contributed by atoms with E-state index < -0.39 is 6.10 Å². The SMILES string of the molecule is CC/C=C\C/C=C\C/C=C\CCCCCC(=O)OCC(COC(=O)CCCCCCCCCCCCCCCCCCCCCCCCCCCCC)OC(=O)CCCCCCCCCCCCC/C=C\CCCCCCCCCC. The van der Waals surface area contributed by atoms with Gasteiger partial charge in [0.05, 0.1) is 0 Å². The van der Waals surface area contributed by atoms with Gasteiger partial charge in [0.1, 0.15) is 13.2 Å². The lowest BCUT2D eigenvalue weighted by molar-refractivity contribution is -0.167. The third-order valence-electron chi connectivity index (χ3n) is 16.3. The molecule has 0 aromatic carbocycles. The first kappa shape index (κ1) is 78.4. The van der Waals surface area contributed by atoms with E-state index in [0.29, 0.717) is 19.3 Å². The average Bonchev–Trinajstić information content (AvgIpc) is 3.46. The van der Waals surface area contributed by atoms with Crippen molar-refractivity contribution in [1.29, 1.82) is 0 Å². The minimum atomic E-state index is -0.785. The highest BCUT2D eigenvalue weighted by molar-refractivity contribution is 5.71. The Hall–Kier alpha value is -2.63. The van der Waals surface area contributed by atoms with Crippen molar-refractivity contribution in [3.8, 4) is 0 Å². The quantitative estimate of drug-likeness (QED) is 0.0261. The second-order valence-electron chi connectivity index (χ2n) is 24.5. The molecule has 1 unspecified atom stereocenters. The molecule has 0 amide bonds. The number of allylic oxidation sites excluding steroid dienone is 8. The van der Waals surface area contributed by atoms with Crippen molar-refractivity contribution in [3.05, 3.63) is 48.6 Å². The van der Waals surface area contributed by atoms with Gasteiger partial charge >= 0.3 is 17.9 Å². The Morgan fingerprint density at radius 2 is 0.481 bits per heavy atom. The molecule has 0 spiro atoms. The summed E-state index contributed by atoms with van der Waals surface area (Å²) in [6.07, 6.45) is 88.8. The Morgan fingerprint density at radius 1 is 0.259 bits per heavy atom. The maximum absolute atomic E-state index is 13.0. The molecule has 0 rings (SSSR count). The summed E-state index contributed by atoms with van der Waals surface area (Å²) in [6, 6.07) is 0. The van der Waals surface area contributed by atoms with Crippen LogP contribution in [0, 0.1) is 0 Å². The highest BCUT2D eigenvalue weighted by atomic mass is 16.6. The lowest BCUT2D eigenvalue weighted by Crippen LogP contribution is -2.30. The lowest BCUT2D eigenvalue weighted by Gasteiger charge is -2.18. The average molecular weight is 1140 g/mol. The first-order valence-corrected chi connectivity index (χ1v) is 36.1. The molecule has 0 aliphatic heterocycles. The number of unbranched alkanes of at least 4 members (excludes halogenated alkanes) is 48. The van der Waals surface area contributed by atoms with Crippen LogP contribution in [0.3, 0.4) is 0 Å². The molecule has 0 aliphatic rings. The zero-order valence-corrected chi connectivity index (χ0v) is 54.6. The second-order valence-corrected chi connectivity index (χ2v) is 24.5. The molecule has 0 fully saturated rings. The monoisotopic (exact) mass is 1140 g/mol. The van der Waals surface area contributed by atoms with Crippen molar-refractivity contribution in [2.75, 3.05) is 13.2 Å². The Labute approximate surface area is 505 Å². The smallest absolute Gasteiger partial charge is 0.306 e. The van der Waals surface area contributed by atoms with Crippen molar-refractivity contribution in [2.24, 2.45) is 0 Å². The molecule has 0 radical (unpaired) electrons. The standard InChI is InChI=1S/C75H138O6/c1-4-7-10-13-16-19-22-25-27-29-31-33-35-36-37-38-40-41-43-45-47-50-53-56-59-62-65-68-74(77)80-71-72(70-79-73(76)67-64-61-58-55-52-49-24-21-18-15-12-9-6-3)81-75(78)69-66-63-60-57-54-51-48-46-44-42-39-34-32-30-28-26-23-20-17-14-11-8-5-2/h9,12,18,21,30,32,49,52,72H,4-8,10-11,13-17,19-20,22-29,31,33-48,50-51,53-71H2,1-3H3/b12-9-,21-18-,32-30-,52-49-. The Morgan fingerprint density at radius 3 is 0.778 bits per heavy atom. The summed E-state index contributed by atoms with van der Waals surface area (Å²) in [5.41, 5.74) is 0. The lowest BCUT2D eigenvalue weighted by atomic mass is 10.0. The summed E-state index contributed by atoms with van der Waals surface area (Å²) in [5, 5.41) is 0. The van der Waals surface area contributed by atoms with Gasteiger partial charge in [0.15, 0.2) is 6.10 Å². The van der Waals surface area contributed by atoms with Crippen LogP contribution in [-0.4, -0.2) is 37.2 Å². The Kier molecular flexibility index (Phi) is 67.6. The minimum Gasteiger partial charge on any atom is -0.462 e. The van der Waals surface area contributed by atoms with E-state index in [1.807, 2.05) is 0 Å². The van der Waals surface area contributed by atoms with E-state index in [1.54, 1.807) is 0 Å². The van der Waals surface area contributed by atoms with E-state index in [0.717, 1.165) is 83.5 Å². The molecule has 6 nitrogen and oxygen atoms in total. The van der Waals surface area contributed by atoms with E-state index in [9.17, 15) is 14.4 Å². The van der Waals surface area contributed by atoms with Crippen LogP contribution in [0.15, 0.2) is 48.6 Å². The number of carbonyl (C=O) groups excluding carboxylic acids is 3. The molecule has 0 aromatic heterocycles. The topological polar surface area (TPSA) is 78.9 Å². The third kappa shape index (κ3) is 68.0. The van der Waals surface area contributed by atoms with Crippen molar-refractivity contribution in [3.63, 3.8) is 0 Å². The number of esters is 3. The fraction of sp³-hybridized carbons (Fsp3) is 0.853. The van der Waals surface area contributed by atoms with Gasteiger partial charge in [-0.1, -0.05) is 345 Å². The predicted octanol–water partition coefficient (Wildman–Crippen LogP) is 24.9. The molecular formula is C75H138O6. The van der Waals surface area contributed by atoms with Gasteiger partial charge in [0, 0.05) is 19.3 Å². The minimum absolute atomic E-state index is 0.0786. The number of ether oxygens (including phenoxy) is 3. The Balaban J connectivity index is 4.21. The summed E-state index contributed by atoms with van der Waals surface area (Å²) in [7, 11) is 0. The fourth-order valence-corrected chi connectivity index (χ4v) is 10.9. The van der Waals surface area contributed by atoms with E-state index >= 15 is 0 Å². The zero-order valence-electron chi connectivity index (χ0n) is 54.6. The summed E-state index contributed by atoms with van der Waals surface area (Å²) >= 11 is 0. The van der Waals surface area contributed by atoms with Gasteiger partial charge in [-0.15, -0.1) is 0 Å². The van der Waals surface area contributed by atoms with Crippen LogP contribution in [0.2, 0.25) is 0 Å². The zero-order chi connectivity index (χ0) is 58.5. The molecule has 81 heavy (non-hydrogen) atoms. The van der Waals surface area contributed by atoms with Gasteiger partial charge in [-0.05, 0) is 77.0 Å². The van der Waals surface area contributed by atoms with Crippen molar-refractivity contribution in [1.82, 2.24) is 0 Å². The van der Waals surface area contributed by atoms with Crippen molar-refractivity contribution in [2.45, 2.75) is 399 Å². The summed E-state index contributed by atoms with van der Waals surface area (Å²) in [5.74, 6) is -0.884. The number of rotatable bonds is 67. The predicted molar refractivity (Wildman–Crippen MR) is 353 cm³/mol. The number of carbonyl (C=O) groups is 3. The molecule has 1 atom stereocenters. The molecule has 0 heterocycles. The first-order chi connectivity index (χ1) is 40.0. The van der Waals surface area contributed by atoms with Crippen molar-refractivity contribution >= 4 is 17.9 Å². The number of hydrogen-bond acceptors (Lipinski definition) is 6. The highest BCUT2D eigenvalue weighted by Crippen LogP contribution is 2.19. The fourth-order valence-electron chi connectivity index (χ4n) is 10.9. The van der Waals surface area contributed by atoms with Crippen LogP contribution >= 0.6 is 0 Å². The molecule has 0 aromatic rings. The molecule has 0 N–H and O–H groups in total. The van der Waals surface area contributed by atoms with Crippen LogP contribution in [0.5, 0.6) is 0 Å². The first-order valence-electron chi connectivity index (χ1n) is 36.1. The van der Waals surface area contributed by atoms with Crippen LogP contribution < -0.4 is 0 Å². The molecule has 6 heteroatoms. The van der Waals surface area contributed by atoms with Gasteiger partial charge in [-0.3, -0.25) is 14.4 Å². The van der Waals surface area contributed by atoms with Crippen LogP contribution in [0.1, 0.15) is 393 Å². The Bertz CT molecular complexity index is 1400. The van der Waals surface area contributed by atoms with Crippen LogP contribution in [0.25, 0.3) is 0 Å². The van der Waals surface area contributed by atoms with E-state index in [-0.39, 0.29) is 31.1 Å². The van der Waals surface area contributed by atoms with Crippen LogP contribution in [0.4, 0.5) is 0 Å². The van der Waals surface area contributed by atoms with Gasteiger partial charge < -0.3 is 14.2 Å². The van der Waals surface area contributed by atoms with Crippen LogP contribution in [-0.2, 0) is 28.6 Å². The van der Waals surface area contributed by atoms with Gasteiger partial charge in [0.25, 0.3) is 0 Å². The van der Waals surface area contributed by atoms with Gasteiger partial charge in [-0.2, -0.15) is 0 Å². The molecule has 0 saturated carbocycles. The molecule has 0 aliphatic carbocycles. The summed E-state index contributed by atoms with van der Waals surface area (Å²) in [6.45, 7) is 6.57. The molecular weight excluding hydrogens is 997 g/mol. The summed E-state index contributed by atoms with van der Waals surface area (Å²) < 4.78 is 17.0. The maximum Gasteiger partial charge on any atom is 0.306 e. The highest BCUT2D eigenvalue weighted by Gasteiger charge is 2.19. The largest absolute Gasteiger partial charge is 0.462 e. The molecule has 0 bridgehead atoms. The van der Waals surface area contributed by atoms with E-state index in [1.165, 1.54) is 270 Å². The normalized spacial score (nSPS) is 12.3. The van der Waals surface area contributed by atoms with Crippen molar-refractivity contribution < 1.29 is 28.6 Å². The summed E-state index contributed by atoms with van der Waals surface area (Å²) in [4.78, 5) is 38.4. The third-order valence-corrected chi connectivity index (χ3v) is 16.3. The van der Waals surface area contributed by atoms with E-state index in [2.05, 4.69) is 69.4 Å². The second kappa shape index (κ2) is 69.9. The van der Waals surface area contributed by atoms with E-state index in [4.69, 9.17) is 14.2 Å². The molecule has 474 valence electrons. The maximum atomic E-state index is 13.0.